The van der Waals surface area contributed by atoms with Gasteiger partial charge in [0.25, 0.3) is 0 Å². The van der Waals surface area contributed by atoms with Gasteiger partial charge in [-0.1, -0.05) is 18.9 Å². The van der Waals surface area contributed by atoms with Gasteiger partial charge >= 0.3 is 0 Å². The Hall–Kier alpha value is -0.930. The Kier molecular flexibility index (Phi) is 3.91. The molecule has 2 rings (SSSR count). The number of hydrogen-bond donors (Lipinski definition) is 1. The van der Waals surface area contributed by atoms with E-state index in [1.54, 1.807) is 0 Å². The number of rotatable bonds is 3. The summed E-state index contributed by atoms with van der Waals surface area (Å²) in [6, 6.07) is 6.27. The van der Waals surface area contributed by atoms with Crippen molar-refractivity contribution in [2.45, 2.75) is 44.4 Å². The van der Waals surface area contributed by atoms with Gasteiger partial charge in [0.15, 0.2) is 0 Å². The molecule has 0 amide bonds. The number of aromatic nitrogens is 1. The summed E-state index contributed by atoms with van der Waals surface area (Å²) in [6.07, 6.45) is 6.09. The SMILES string of the molecule is CN(Cc1ccccn1)[C@@H]1CCCC[C@H]1O. The average molecular weight is 220 g/mol. The van der Waals surface area contributed by atoms with Gasteiger partial charge in [-0.15, -0.1) is 0 Å². The molecule has 3 heteroatoms. The van der Waals surface area contributed by atoms with Crippen LogP contribution in [-0.2, 0) is 6.54 Å². The lowest BCUT2D eigenvalue weighted by Crippen LogP contribution is -2.42. The van der Waals surface area contributed by atoms with Crippen LogP contribution in [-0.4, -0.2) is 34.2 Å². The molecule has 1 heterocycles. The van der Waals surface area contributed by atoms with Crippen molar-refractivity contribution >= 4 is 0 Å². The van der Waals surface area contributed by atoms with E-state index in [2.05, 4.69) is 16.9 Å². The molecule has 0 aromatic carbocycles. The molecule has 2 atom stereocenters. The van der Waals surface area contributed by atoms with E-state index in [1.165, 1.54) is 6.42 Å². The molecule has 1 aromatic heterocycles. The molecule has 0 unspecified atom stereocenters. The molecular formula is C13H20N2O. The molecule has 1 fully saturated rings. The Morgan fingerprint density at radius 1 is 1.38 bits per heavy atom. The van der Waals surface area contributed by atoms with E-state index in [4.69, 9.17) is 0 Å². The lowest BCUT2D eigenvalue weighted by molar-refractivity contribution is 0.0283. The predicted molar refractivity (Wildman–Crippen MR) is 64.0 cm³/mol. The first-order valence-electron chi connectivity index (χ1n) is 6.05. The van der Waals surface area contributed by atoms with Crippen LogP contribution >= 0.6 is 0 Å². The highest BCUT2D eigenvalue weighted by Gasteiger charge is 2.26. The first kappa shape index (κ1) is 11.6. The maximum atomic E-state index is 9.96. The van der Waals surface area contributed by atoms with Crippen molar-refractivity contribution in [2.24, 2.45) is 0 Å². The van der Waals surface area contributed by atoms with Crippen molar-refractivity contribution in [1.82, 2.24) is 9.88 Å². The van der Waals surface area contributed by atoms with Gasteiger partial charge in [0.05, 0.1) is 11.8 Å². The van der Waals surface area contributed by atoms with E-state index in [1.807, 2.05) is 24.4 Å². The Bertz CT molecular complexity index is 315. The summed E-state index contributed by atoms with van der Waals surface area (Å²) in [5.74, 6) is 0. The van der Waals surface area contributed by atoms with E-state index in [9.17, 15) is 5.11 Å². The number of nitrogens with zero attached hydrogens (tertiary/aromatic N) is 2. The van der Waals surface area contributed by atoms with Gasteiger partial charge in [-0.05, 0) is 32.0 Å². The topological polar surface area (TPSA) is 36.4 Å². The third kappa shape index (κ3) is 2.80. The monoisotopic (exact) mass is 220 g/mol. The van der Waals surface area contributed by atoms with Crippen LogP contribution in [0.1, 0.15) is 31.4 Å². The van der Waals surface area contributed by atoms with Crippen molar-refractivity contribution in [1.29, 1.82) is 0 Å². The summed E-state index contributed by atoms with van der Waals surface area (Å²) in [5.41, 5.74) is 1.07. The van der Waals surface area contributed by atoms with E-state index < -0.39 is 0 Å². The maximum absolute atomic E-state index is 9.96. The van der Waals surface area contributed by atoms with Crippen LogP contribution in [0.2, 0.25) is 0 Å². The van der Waals surface area contributed by atoms with Crippen LogP contribution < -0.4 is 0 Å². The van der Waals surface area contributed by atoms with Gasteiger partial charge in [-0.25, -0.2) is 0 Å². The summed E-state index contributed by atoms with van der Waals surface area (Å²) in [6.45, 7) is 0.822. The molecule has 16 heavy (non-hydrogen) atoms. The number of hydrogen-bond acceptors (Lipinski definition) is 3. The second kappa shape index (κ2) is 5.41. The molecule has 0 radical (unpaired) electrons. The predicted octanol–water partition coefficient (Wildman–Crippen LogP) is 1.82. The summed E-state index contributed by atoms with van der Waals surface area (Å²) in [5, 5.41) is 9.96. The fourth-order valence-electron chi connectivity index (χ4n) is 2.47. The highest BCUT2D eigenvalue weighted by Crippen LogP contribution is 2.23. The third-order valence-corrected chi connectivity index (χ3v) is 3.40. The Morgan fingerprint density at radius 3 is 2.88 bits per heavy atom. The molecule has 0 spiro atoms. The van der Waals surface area contributed by atoms with Crippen LogP contribution in [0.25, 0.3) is 0 Å². The molecule has 0 bridgehead atoms. The van der Waals surface area contributed by atoms with Gasteiger partial charge in [0, 0.05) is 18.8 Å². The standard InChI is InChI=1S/C13H20N2O/c1-15(10-11-6-4-5-9-14-11)12-7-2-3-8-13(12)16/h4-6,9,12-13,16H,2-3,7-8,10H2,1H3/t12-,13-/m1/s1. The van der Waals surface area contributed by atoms with Crippen LogP contribution in [0.5, 0.6) is 0 Å². The molecule has 1 saturated carbocycles. The molecule has 1 aliphatic rings. The summed E-state index contributed by atoms with van der Waals surface area (Å²) in [4.78, 5) is 6.54. The Morgan fingerprint density at radius 2 is 2.19 bits per heavy atom. The van der Waals surface area contributed by atoms with Gasteiger partial charge in [0.2, 0.25) is 0 Å². The first-order chi connectivity index (χ1) is 7.77. The van der Waals surface area contributed by atoms with Crippen LogP contribution in [0.15, 0.2) is 24.4 Å². The van der Waals surface area contributed by atoms with E-state index in [0.29, 0.717) is 6.04 Å². The normalized spacial score (nSPS) is 25.9. The smallest absolute Gasteiger partial charge is 0.0695 e. The zero-order valence-corrected chi connectivity index (χ0v) is 9.84. The average Bonchev–Trinajstić information content (AvgIpc) is 2.31. The Labute approximate surface area is 97.1 Å². The molecular weight excluding hydrogens is 200 g/mol. The number of aliphatic hydroxyl groups is 1. The van der Waals surface area contributed by atoms with E-state index in [-0.39, 0.29) is 6.10 Å². The minimum atomic E-state index is -0.164. The fraction of sp³-hybridized carbons (Fsp3) is 0.615. The molecule has 0 saturated heterocycles. The molecule has 0 aliphatic heterocycles. The highest BCUT2D eigenvalue weighted by molar-refractivity contribution is 5.03. The molecule has 1 aromatic rings. The number of pyridine rings is 1. The quantitative estimate of drug-likeness (QED) is 0.844. The Balaban J connectivity index is 1.94. The van der Waals surface area contributed by atoms with Gasteiger partial charge in [-0.2, -0.15) is 0 Å². The van der Waals surface area contributed by atoms with Crippen molar-refractivity contribution in [2.75, 3.05) is 7.05 Å². The number of aliphatic hydroxyl groups excluding tert-OH is 1. The zero-order valence-electron chi connectivity index (χ0n) is 9.84. The molecule has 1 aliphatic carbocycles. The second-order valence-corrected chi connectivity index (χ2v) is 4.66. The van der Waals surface area contributed by atoms with Crippen LogP contribution in [0.3, 0.4) is 0 Å². The minimum absolute atomic E-state index is 0.164. The highest BCUT2D eigenvalue weighted by atomic mass is 16.3. The van der Waals surface area contributed by atoms with Gasteiger partial charge < -0.3 is 5.11 Å². The maximum Gasteiger partial charge on any atom is 0.0695 e. The summed E-state index contributed by atoms with van der Waals surface area (Å²) < 4.78 is 0. The fourth-order valence-corrected chi connectivity index (χ4v) is 2.47. The first-order valence-corrected chi connectivity index (χ1v) is 6.05. The van der Waals surface area contributed by atoms with Crippen molar-refractivity contribution in [3.05, 3.63) is 30.1 Å². The second-order valence-electron chi connectivity index (χ2n) is 4.66. The number of likely N-dealkylation sites (N-methyl/N-ethyl adjacent to an activating group) is 1. The summed E-state index contributed by atoms with van der Waals surface area (Å²) >= 11 is 0. The zero-order chi connectivity index (χ0) is 11.4. The van der Waals surface area contributed by atoms with E-state index >= 15 is 0 Å². The van der Waals surface area contributed by atoms with Gasteiger partial charge in [-0.3, -0.25) is 9.88 Å². The van der Waals surface area contributed by atoms with Crippen molar-refractivity contribution < 1.29 is 5.11 Å². The summed E-state index contributed by atoms with van der Waals surface area (Å²) in [7, 11) is 2.08. The van der Waals surface area contributed by atoms with Crippen LogP contribution in [0.4, 0.5) is 0 Å². The molecule has 1 N–H and O–H groups in total. The molecule has 3 nitrogen and oxygen atoms in total. The van der Waals surface area contributed by atoms with Crippen molar-refractivity contribution in [3.63, 3.8) is 0 Å². The van der Waals surface area contributed by atoms with E-state index in [0.717, 1.165) is 31.5 Å². The lowest BCUT2D eigenvalue weighted by atomic mass is 9.91. The van der Waals surface area contributed by atoms with Gasteiger partial charge in [0.1, 0.15) is 0 Å². The van der Waals surface area contributed by atoms with Crippen molar-refractivity contribution in [3.8, 4) is 0 Å². The lowest BCUT2D eigenvalue weighted by Gasteiger charge is -2.34. The third-order valence-electron chi connectivity index (χ3n) is 3.40. The molecule has 88 valence electrons. The largest absolute Gasteiger partial charge is 0.391 e. The van der Waals surface area contributed by atoms with Crippen LogP contribution in [0, 0.1) is 0 Å². The minimum Gasteiger partial charge on any atom is -0.391 e.